The molecule has 0 spiro atoms. The van der Waals surface area contributed by atoms with Crippen LogP contribution in [0.15, 0.2) is 42.4 Å². The van der Waals surface area contributed by atoms with Gasteiger partial charge in [-0.3, -0.25) is 4.79 Å². The molecule has 5 rings (SSSR count). The molecule has 4 nitrogen and oxygen atoms in total. The second-order valence-electron chi connectivity index (χ2n) is 7.55. The Morgan fingerprint density at radius 2 is 2.26 bits per heavy atom. The van der Waals surface area contributed by atoms with Crippen molar-refractivity contribution in [2.75, 3.05) is 0 Å². The zero-order chi connectivity index (χ0) is 18.9. The number of hydrogen-bond donors (Lipinski definition) is 1. The van der Waals surface area contributed by atoms with Crippen molar-refractivity contribution >= 4 is 17.4 Å². The third-order valence-corrected chi connectivity index (χ3v) is 6.59. The summed E-state index contributed by atoms with van der Waals surface area (Å²) in [5.41, 5.74) is 0.528. The van der Waals surface area contributed by atoms with Gasteiger partial charge in [-0.05, 0) is 24.5 Å². The SMILES string of the molecule is O=C(CC1c2c(F)cccc2-c2cncn21)C1(O)CCC2C1=CC(Cl)[C@H]2F. The second-order valence-corrected chi connectivity index (χ2v) is 8.05. The summed E-state index contributed by atoms with van der Waals surface area (Å²) in [5, 5.41) is 10.3. The Morgan fingerprint density at radius 1 is 1.44 bits per heavy atom. The van der Waals surface area contributed by atoms with E-state index in [2.05, 4.69) is 4.98 Å². The molecule has 0 amide bonds. The highest BCUT2D eigenvalue weighted by molar-refractivity contribution is 6.22. The number of aromatic nitrogens is 2. The first-order chi connectivity index (χ1) is 12.9. The molecule has 140 valence electrons. The average molecular weight is 391 g/mol. The summed E-state index contributed by atoms with van der Waals surface area (Å²) in [6, 6.07) is 4.20. The molecule has 1 aliphatic heterocycles. The predicted octanol–water partition coefficient (Wildman–Crippen LogP) is 3.58. The van der Waals surface area contributed by atoms with Crippen LogP contribution in [-0.4, -0.2) is 37.6 Å². The largest absolute Gasteiger partial charge is 0.378 e. The summed E-state index contributed by atoms with van der Waals surface area (Å²) in [6.07, 6.45) is 3.84. The van der Waals surface area contributed by atoms with Gasteiger partial charge < -0.3 is 9.67 Å². The number of allylic oxidation sites excluding steroid dienone is 1. The molecular weight excluding hydrogens is 374 g/mol. The van der Waals surface area contributed by atoms with Crippen molar-refractivity contribution in [3.63, 3.8) is 0 Å². The Kier molecular flexibility index (Phi) is 3.62. The van der Waals surface area contributed by atoms with Crippen LogP contribution in [0.1, 0.15) is 30.9 Å². The smallest absolute Gasteiger partial charge is 0.170 e. The van der Waals surface area contributed by atoms with Crippen LogP contribution in [-0.2, 0) is 4.79 Å². The zero-order valence-electron chi connectivity index (χ0n) is 14.3. The van der Waals surface area contributed by atoms with E-state index in [1.54, 1.807) is 29.2 Å². The van der Waals surface area contributed by atoms with Crippen LogP contribution in [0.4, 0.5) is 8.78 Å². The van der Waals surface area contributed by atoms with Gasteiger partial charge in [0.15, 0.2) is 5.78 Å². The van der Waals surface area contributed by atoms with Crippen molar-refractivity contribution in [2.24, 2.45) is 5.92 Å². The van der Waals surface area contributed by atoms with Crippen molar-refractivity contribution in [3.05, 3.63) is 53.8 Å². The Morgan fingerprint density at radius 3 is 3.07 bits per heavy atom. The fourth-order valence-corrected chi connectivity index (χ4v) is 5.20. The minimum Gasteiger partial charge on any atom is -0.378 e. The van der Waals surface area contributed by atoms with E-state index in [1.165, 1.54) is 12.1 Å². The van der Waals surface area contributed by atoms with Crippen LogP contribution in [0, 0.1) is 11.7 Å². The lowest BCUT2D eigenvalue weighted by Gasteiger charge is -2.26. The van der Waals surface area contributed by atoms with Crippen molar-refractivity contribution in [3.8, 4) is 11.3 Å². The Bertz CT molecular complexity index is 988. The monoisotopic (exact) mass is 390 g/mol. The molecule has 0 saturated heterocycles. The molecule has 0 bridgehead atoms. The van der Waals surface area contributed by atoms with Gasteiger partial charge in [-0.1, -0.05) is 18.2 Å². The number of aliphatic hydroxyl groups is 1. The van der Waals surface area contributed by atoms with E-state index >= 15 is 0 Å². The number of ketones is 1. The van der Waals surface area contributed by atoms with E-state index in [9.17, 15) is 18.7 Å². The quantitative estimate of drug-likeness (QED) is 0.643. The van der Waals surface area contributed by atoms with E-state index in [-0.39, 0.29) is 12.8 Å². The molecule has 5 atom stereocenters. The summed E-state index contributed by atoms with van der Waals surface area (Å²) in [5.74, 6) is -1.34. The highest BCUT2D eigenvalue weighted by Crippen LogP contribution is 2.51. The summed E-state index contributed by atoms with van der Waals surface area (Å²) < 4.78 is 30.5. The molecular formula is C20H17ClF2N2O2. The Balaban J connectivity index is 1.50. The maximum Gasteiger partial charge on any atom is 0.170 e. The molecule has 0 radical (unpaired) electrons. The number of rotatable bonds is 3. The van der Waals surface area contributed by atoms with Crippen LogP contribution in [0.3, 0.4) is 0 Å². The Hall–Kier alpha value is -2.05. The van der Waals surface area contributed by atoms with Crippen molar-refractivity contribution in [1.29, 1.82) is 0 Å². The molecule has 1 aromatic heterocycles. The molecule has 27 heavy (non-hydrogen) atoms. The number of alkyl halides is 2. The number of nitrogens with zero attached hydrogens (tertiary/aromatic N) is 2. The fraction of sp³-hybridized carbons (Fsp3) is 0.400. The fourth-order valence-electron chi connectivity index (χ4n) is 4.89. The molecule has 2 aliphatic carbocycles. The number of benzene rings is 1. The van der Waals surface area contributed by atoms with Gasteiger partial charge >= 0.3 is 0 Å². The summed E-state index contributed by atoms with van der Waals surface area (Å²) in [7, 11) is 0. The number of carbonyl (C=O) groups is 1. The number of carbonyl (C=O) groups excluding carboxylic acids is 1. The van der Waals surface area contributed by atoms with Crippen LogP contribution < -0.4 is 0 Å². The van der Waals surface area contributed by atoms with Gasteiger partial charge in [0.25, 0.3) is 0 Å². The van der Waals surface area contributed by atoms with E-state index in [0.717, 1.165) is 5.69 Å². The van der Waals surface area contributed by atoms with Crippen molar-refractivity contribution < 1.29 is 18.7 Å². The highest BCUT2D eigenvalue weighted by atomic mass is 35.5. The van der Waals surface area contributed by atoms with Gasteiger partial charge in [0.1, 0.15) is 17.6 Å². The lowest BCUT2D eigenvalue weighted by molar-refractivity contribution is -0.134. The Labute approximate surface area is 159 Å². The van der Waals surface area contributed by atoms with Crippen LogP contribution in [0.2, 0.25) is 0 Å². The van der Waals surface area contributed by atoms with E-state index in [1.807, 2.05) is 0 Å². The van der Waals surface area contributed by atoms with E-state index < -0.39 is 40.7 Å². The minimum atomic E-state index is -1.73. The first kappa shape index (κ1) is 17.1. The molecule has 1 N–H and O–H groups in total. The molecule has 1 fully saturated rings. The van der Waals surface area contributed by atoms with E-state index in [0.29, 0.717) is 23.1 Å². The predicted molar refractivity (Wildman–Crippen MR) is 95.7 cm³/mol. The molecule has 2 aromatic rings. The van der Waals surface area contributed by atoms with Crippen LogP contribution >= 0.6 is 11.6 Å². The van der Waals surface area contributed by atoms with Gasteiger partial charge in [0, 0.05) is 23.5 Å². The lowest BCUT2D eigenvalue weighted by Crippen LogP contribution is -2.39. The molecule has 1 saturated carbocycles. The van der Waals surface area contributed by atoms with Crippen molar-refractivity contribution in [2.45, 2.75) is 42.5 Å². The van der Waals surface area contributed by atoms with Gasteiger partial charge in [0.05, 0.1) is 29.6 Å². The number of fused-ring (bicyclic) bond motifs is 4. The van der Waals surface area contributed by atoms with Gasteiger partial charge in [-0.15, -0.1) is 11.6 Å². The third kappa shape index (κ3) is 2.23. The maximum absolute atomic E-state index is 14.5. The van der Waals surface area contributed by atoms with Crippen molar-refractivity contribution in [1.82, 2.24) is 9.55 Å². The first-order valence-corrected chi connectivity index (χ1v) is 9.42. The molecule has 3 aliphatic rings. The summed E-state index contributed by atoms with van der Waals surface area (Å²) in [6.45, 7) is 0. The normalized spacial score (nSPS) is 33.6. The lowest BCUT2D eigenvalue weighted by atomic mass is 9.86. The molecule has 4 unspecified atom stereocenters. The molecule has 1 aromatic carbocycles. The molecule has 2 heterocycles. The average Bonchev–Trinajstić information content (AvgIpc) is 3.36. The zero-order valence-corrected chi connectivity index (χ0v) is 15.0. The summed E-state index contributed by atoms with van der Waals surface area (Å²) >= 11 is 5.97. The standard InChI is InChI=1S/C20H17ClF2N2O2/c21-13-6-12-10(19(13)23)4-5-20(12,27)17(26)7-15-18-11(2-1-3-14(18)22)16-8-24-9-25(15)16/h1-3,6,8-10,13,15,19,27H,4-5,7H2/t10?,13?,15?,19-,20?/m0/s1. The number of hydrogen-bond acceptors (Lipinski definition) is 3. The summed E-state index contributed by atoms with van der Waals surface area (Å²) in [4.78, 5) is 17.2. The number of imidazole rings is 1. The third-order valence-electron chi connectivity index (χ3n) is 6.23. The second kappa shape index (κ2) is 5.72. The first-order valence-electron chi connectivity index (χ1n) is 8.98. The molecule has 7 heteroatoms. The number of Topliss-reactive ketones (excluding diaryl/α,β-unsaturated/α-hetero) is 1. The topological polar surface area (TPSA) is 55.1 Å². The number of halogens is 3. The van der Waals surface area contributed by atoms with Crippen LogP contribution in [0.5, 0.6) is 0 Å². The van der Waals surface area contributed by atoms with E-state index in [4.69, 9.17) is 11.6 Å². The van der Waals surface area contributed by atoms with Gasteiger partial charge in [-0.25, -0.2) is 13.8 Å². The van der Waals surface area contributed by atoms with Crippen LogP contribution in [0.25, 0.3) is 11.3 Å². The maximum atomic E-state index is 14.5. The van der Waals surface area contributed by atoms with Gasteiger partial charge in [0.2, 0.25) is 0 Å². The van der Waals surface area contributed by atoms with Gasteiger partial charge in [-0.2, -0.15) is 0 Å². The minimum absolute atomic E-state index is 0.0955. The highest BCUT2D eigenvalue weighted by Gasteiger charge is 2.54.